The molecule has 16 heavy (non-hydrogen) atoms. The van der Waals surface area contributed by atoms with E-state index in [1.807, 2.05) is 20.2 Å². The van der Waals surface area contributed by atoms with Crippen molar-refractivity contribution >= 4 is 11.6 Å². The second kappa shape index (κ2) is 4.55. The van der Waals surface area contributed by atoms with Crippen LogP contribution in [-0.4, -0.2) is 28.3 Å². The molecular weight excluding hydrogens is 204 g/mol. The van der Waals surface area contributed by atoms with Crippen LogP contribution in [0.15, 0.2) is 6.20 Å². The van der Waals surface area contributed by atoms with Crippen LogP contribution in [0, 0.1) is 6.92 Å². The van der Waals surface area contributed by atoms with Crippen molar-refractivity contribution in [2.75, 3.05) is 11.9 Å². The number of nitrogens with one attached hydrogen (secondary N) is 2. The summed E-state index contributed by atoms with van der Waals surface area (Å²) in [5, 5.41) is 10.5. The average Bonchev–Trinajstić information content (AvgIpc) is 2.42. The maximum absolute atomic E-state index is 11.4. The lowest BCUT2D eigenvalue weighted by Crippen LogP contribution is -2.26. The Morgan fingerprint density at radius 1 is 1.62 bits per heavy atom. The molecule has 88 valence electrons. The van der Waals surface area contributed by atoms with Gasteiger partial charge in [0.05, 0.1) is 11.4 Å². The Hall–Kier alpha value is -1.52. The molecule has 0 bridgehead atoms. The molecule has 1 aliphatic heterocycles. The predicted molar refractivity (Wildman–Crippen MR) is 62.2 cm³/mol. The summed E-state index contributed by atoms with van der Waals surface area (Å²) in [6, 6.07) is 0.227. The molecule has 2 N–H and O–H groups in total. The molecular formula is C11H18N4O. The number of amides is 1. The minimum atomic E-state index is 0.136. The van der Waals surface area contributed by atoms with Crippen molar-refractivity contribution < 1.29 is 4.79 Å². The fourth-order valence-corrected chi connectivity index (χ4v) is 2.06. The lowest BCUT2D eigenvalue weighted by Gasteiger charge is -2.15. The smallest absolute Gasteiger partial charge is 0.222 e. The highest BCUT2D eigenvalue weighted by molar-refractivity contribution is 5.77. The molecule has 0 saturated carbocycles. The third-order valence-electron chi connectivity index (χ3n) is 2.86. The minimum absolute atomic E-state index is 0.136. The molecule has 1 fully saturated rings. The number of carbonyl (C=O) groups excluding carboxylic acids is 1. The monoisotopic (exact) mass is 222 g/mol. The van der Waals surface area contributed by atoms with Gasteiger partial charge in [-0.05, 0) is 19.8 Å². The number of nitrogens with zero attached hydrogens (tertiary/aromatic N) is 2. The lowest BCUT2D eigenvalue weighted by molar-refractivity contribution is -0.120. The van der Waals surface area contributed by atoms with E-state index in [0.717, 1.165) is 30.8 Å². The van der Waals surface area contributed by atoms with E-state index in [1.54, 1.807) is 4.68 Å². The van der Waals surface area contributed by atoms with Crippen LogP contribution in [0.1, 0.15) is 25.0 Å². The first kappa shape index (κ1) is 11.0. The standard InChI is InChI=1S/C11H18N4O/c1-8-10(7-15(2)14-8)13-9-4-3-5-12-11(16)6-9/h7,9,13H,3-6H2,1-2H3,(H,12,16). The summed E-state index contributed by atoms with van der Waals surface area (Å²) in [7, 11) is 1.90. The van der Waals surface area contributed by atoms with Crippen LogP contribution in [0.5, 0.6) is 0 Å². The predicted octanol–water partition coefficient (Wildman–Crippen LogP) is 0.809. The van der Waals surface area contributed by atoms with Crippen molar-refractivity contribution in [3.8, 4) is 0 Å². The average molecular weight is 222 g/mol. The molecule has 1 saturated heterocycles. The van der Waals surface area contributed by atoms with Crippen LogP contribution < -0.4 is 10.6 Å². The van der Waals surface area contributed by atoms with E-state index in [1.165, 1.54) is 0 Å². The highest BCUT2D eigenvalue weighted by Gasteiger charge is 2.18. The van der Waals surface area contributed by atoms with Crippen LogP contribution >= 0.6 is 0 Å². The number of carbonyl (C=O) groups is 1. The Kier molecular flexibility index (Phi) is 3.12. The second-order valence-electron chi connectivity index (χ2n) is 4.34. The van der Waals surface area contributed by atoms with E-state index in [9.17, 15) is 4.79 Å². The number of hydrogen-bond acceptors (Lipinski definition) is 3. The summed E-state index contributed by atoms with van der Waals surface area (Å²) in [6.07, 6.45) is 4.56. The summed E-state index contributed by atoms with van der Waals surface area (Å²) >= 11 is 0. The van der Waals surface area contributed by atoms with Gasteiger partial charge in [0.1, 0.15) is 0 Å². The van der Waals surface area contributed by atoms with Crippen molar-refractivity contribution in [3.05, 3.63) is 11.9 Å². The van der Waals surface area contributed by atoms with Crippen LogP contribution in [-0.2, 0) is 11.8 Å². The Morgan fingerprint density at radius 2 is 2.44 bits per heavy atom. The van der Waals surface area contributed by atoms with Crippen LogP contribution in [0.2, 0.25) is 0 Å². The summed E-state index contributed by atoms with van der Waals surface area (Å²) < 4.78 is 1.79. The lowest BCUT2D eigenvalue weighted by atomic mass is 10.1. The number of aromatic nitrogens is 2. The Bertz CT molecular complexity index is 385. The zero-order chi connectivity index (χ0) is 11.5. The first-order valence-corrected chi connectivity index (χ1v) is 5.68. The van der Waals surface area contributed by atoms with Gasteiger partial charge in [0.15, 0.2) is 0 Å². The Morgan fingerprint density at radius 3 is 3.12 bits per heavy atom. The third kappa shape index (κ3) is 2.53. The van der Waals surface area contributed by atoms with E-state index in [-0.39, 0.29) is 11.9 Å². The fraction of sp³-hybridized carbons (Fsp3) is 0.636. The van der Waals surface area contributed by atoms with Crippen molar-refractivity contribution in [3.63, 3.8) is 0 Å². The molecule has 5 nitrogen and oxygen atoms in total. The van der Waals surface area contributed by atoms with Crippen LogP contribution in [0.25, 0.3) is 0 Å². The van der Waals surface area contributed by atoms with Crippen molar-refractivity contribution in [2.45, 2.75) is 32.2 Å². The van der Waals surface area contributed by atoms with Gasteiger partial charge < -0.3 is 10.6 Å². The number of rotatable bonds is 2. The van der Waals surface area contributed by atoms with E-state index in [4.69, 9.17) is 0 Å². The first-order valence-electron chi connectivity index (χ1n) is 5.68. The minimum Gasteiger partial charge on any atom is -0.379 e. The highest BCUT2D eigenvalue weighted by atomic mass is 16.1. The summed E-state index contributed by atoms with van der Waals surface area (Å²) in [4.78, 5) is 11.4. The quantitative estimate of drug-likeness (QED) is 0.778. The molecule has 1 unspecified atom stereocenters. The van der Waals surface area contributed by atoms with Gasteiger partial charge in [-0.15, -0.1) is 0 Å². The van der Waals surface area contributed by atoms with Crippen LogP contribution in [0.4, 0.5) is 5.69 Å². The fourth-order valence-electron chi connectivity index (χ4n) is 2.06. The molecule has 1 aliphatic rings. The van der Waals surface area contributed by atoms with Gasteiger partial charge >= 0.3 is 0 Å². The summed E-state index contributed by atoms with van der Waals surface area (Å²) in [5.74, 6) is 0.136. The number of anilines is 1. The highest BCUT2D eigenvalue weighted by Crippen LogP contribution is 2.17. The largest absolute Gasteiger partial charge is 0.379 e. The van der Waals surface area contributed by atoms with Gasteiger partial charge in [0, 0.05) is 32.3 Å². The molecule has 0 spiro atoms. The molecule has 2 rings (SSSR count). The molecule has 0 radical (unpaired) electrons. The summed E-state index contributed by atoms with van der Waals surface area (Å²) in [6.45, 7) is 2.77. The number of hydrogen-bond donors (Lipinski definition) is 2. The Balaban J connectivity index is 2.02. The number of aryl methyl sites for hydroxylation is 2. The van der Waals surface area contributed by atoms with Gasteiger partial charge in [-0.2, -0.15) is 5.10 Å². The van der Waals surface area contributed by atoms with E-state index < -0.39 is 0 Å². The molecule has 1 aromatic rings. The van der Waals surface area contributed by atoms with Crippen LogP contribution in [0.3, 0.4) is 0 Å². The topological polar surface area (TPSA) is 59.0 Å². The molecule has 1 amide bonds. The van der Waals surface area contributed by atoms with Gasteiger partial charge in [-0.3, -0.25) is 9.48 Å². The van der Waals surface area contributed by atoms with Gasteiger partial charge in [-0.1, -0.05) is 0 Å². The van der Waals surface area contributed by atoms with Gasteiger partial charge in [0.25, 0.3) is 0 Å². The zero-order valence-electron chi connectivity index (χ0n) is 9.79. The maximum Gasteiger partial charge on any atom is 0.222 e. The molecule has 2 heterocycles. The zero-order valence-corrected chi connectivity index (χ0v) is 9.79. The van der Waals surface area contributed by atoms with Crippen molar-refractivity contribution in [1.82, 2.24) is 15.1 Å². The molecule has 1 aromatic heterocycles. The SMILES string of the molecule is Cc1nn(C)cc1NC1CCCNC(=O)C1. The van der Waals surface area contributed by atoms with Crippen molar-refractivity contribution in [2.24, 2.45) is 7.05 Å². The van der Waals surface area contributed by atoms with Gasteiger partial charge in [0.2, 0.25) is 5.91 Å². The van der Waals surface area contributed by atoms with E-state index >= 15 is 0 Å². The van der Waals surface area contributed by atoms with Gasteiger partial charge in [-0.25, -0.2) is 0 Å². The molecule has 0 aliphatic carbocycles. The Labute approximate surface area is 95.2 Å². The summed E-state index contributed by atoms with van der Waals surface area (Å²) in [5.41, 5.74) is 2.01. The molecule has 0 aromatic carbocycles. The van der Waals surface area contributed by atoms with E-state index in [0.29, 0.717) is 6.42 Å². The van der Waals surface area contributed by atoms with Crippen molar-refractivity contribution in [1.29, 1.82) is 0 Å². The molecule has 5 heteroatoms. The van der Waals surface area contributed by atoms with E-state index in [2.05, 4.69) is 15.7 Å². The molecule has 1 atom stereocenters. The maximum atomic E-state index is 11.4. The third-order valence-corrected chi connectivity index (χ3v) is 2.86. The second-order valence-corrected chi connectivity index (χ2v) is 4.34. The normalized spacial score (nSPS) is 21.4. The first-order chi connectivity index (χ1) is 7.65.